The summed E-state index contributed by atoms with van der Waals surface area (Å²) in [6.07, 6.45) is 3.89. The highest BCUT2D eigenvalue weighted by molar-refractivity contribution is 7.11. The van der Waals surface area contributed by atoms with Gasteiger partial charge in [-0.15, -0.1) is 11.3 Å². The van der Waals surface area contributed by atoms with E-state index in [1.807, 2.05) is 11.3 Å². The Morgan fingerprint density at radius 1 is 1.38 bits per heavy atom. The number of rotatable bonds is 5. The van der Waals surface area contributed by atoms with Crippen LogP contribution in [-0.2, 0) is 0 Å². The molecule has 1 unspecified atom stereocenters. The predicted octanol–water partition coefficient (Wildman–Crippen LogP) is 3.60. The Hall–Kier alpha value is -0.410. The number of nitrogens with zero attached hydrogens (tertiary/aromatic N) is 1. The lowest BCUT2D eigenvalue weighted by Crippen LogP contribution is -2.24. The zero-order valence-electron chi connectivity index (χ0n) is 10.7. The van der Waals surface area contributed by atoms with Crippen molar-refractivity contribution in [3.8, 4) is 0 Å². The van der Waals surface area contributed by atoms with Crippen molar-refractivity contribution in [2.24, 2.45) is 5.92 Å². The van der Waals surface area contributed by atoms with Crippen LogP contribution in [0.15, 0.2) is 0 Å². The molecule has 2 nitrogen and oxygen atoms in total. The van der Waals surface area contributed by atoms with Crippen molar-refractivity contribution in [3.05, 3.63) is 15.6 Å². The van der Waals surface area contributed by atoms with E-state index >= 15 is 0 Å². The van der Waals surface area contributed by atoms with Crippen molar-refractivity contribution in [2.45, 2.75) is 59.0 Å². The van der Waals surface area contributed by atoms with E-state index < -0.39 is 0 Å². The quantitative estimate of drug-likeness (QED) is 0.848. The zero-order chi connectivity index (χ0) is 11.7. The second kappa shape index (κ2) is 4.84. The van der Waals surface area contributed by atoms with Crippen molar-refractivity contribution in [2.75, 3.05) is 0 Å². The first kappa shape index (κ1) is 12.1. The Morgan fingerprint density at radius 3 is 2.50 bits per heavy atom. The predicted molar refractivity (Wildman–Crippen MR) is 69.9 cm³/mol. The Kier molecular flexibility index (Phi) is 3.65. The van der Waals surface area contributed by atoms with Crippen LogP contribution < -0.4 is 5.32 Å². The van der Waals surface area contributed by atoms with E-state index in [1.54, 1.807) is 0 Å². The molecule has 1 aliphatic carbocycles. The molecule has 0 aliphatic heterocycles. The zero-order valence-corrected chi connectivity index (χ0v) is 11.5. The topological polar surface area (TPSA) is 24.9 Å². The van der Waals surface area contributed by atoms with Gasteiger partial charge in [-0.3, -0.25) is 0 Å². The lowest BCUT2D eigenvalue weighted by molar-refractivity contribution is 0.426. The molecule has 3 heteroatoms. The summed E-state index contributed by atoms with van der Waals surface area (Å²) in [4.78, 5) is 6.06. The molecule has 1 heterocycles. The highest BCUT2D eigenvalue weighted by Crippen LogP contribution is 2.31. The van der Waals surface area contributed by atoms with Crippen molar-refractivity contribution < 1.29 is 0 Å². The first-order valence-electron chi connectivity index (χ1n) is 6.26. The molecule has 0 saturated heterocycles. The van der Waals surface area contributed by atoms with Crippen LogP contribution in [0.25, 0.3) is 0 Å². The van der Waals surface area contributed by atoms with Gasteiger partial charge in [-0.25, -0.2) is 4.98 Å². The molecule has 0 amide bonds. The molecule has 1 saturated carbocycles. The van der Waals surface area contributed by atoms with Crippen LogP contribution in [0.5, 0.6) is 0 Å². The van der Waals surface area contributed by atoms with Gasteiger partial charge in [0.1, 0.15) is 5.01 Å². The minimum absolute atomic E-state index is 0.477. The fourth-order valence-electron chi connectivity index (χ4n) is 1.89. The third-order valence-electron chi connectivity index (χ3n) is 3.06. The second-order valence-electron chi connectivity index (χ2n) is 5.32. The normalized spacial score (nSPS) is 18.1. The summed E-state index contributed by atoms with van der Waals surface area (Å²) in [5.41, 5.74) is 1.20. The highest BCUT2D eigenvalue weighted by Gasteiger charge is 2.27. The minimum atomic E-state index is 0.477. The molecule has 16 heavy (non-hydrogen) atoms. The molecule has 0 bridgehead atoms. The standard InChI is InChI=1S/C13H22N2S/c1-8(2)7-12(15-11-5-6-11)13-14-9(3)10(4)16-13/h8,11-12,15H,5-7H2,1-4H3. The second-order valence-corrected chi connectivity index (χ2v) is 6.55. The Balaban J connectivity index is 2.09. The fourth-order valence-corrected chi connectivity index (χ4v) is 2.89. The van der Waals surface area contributed by atoms with E-state index in [9.17, 15) is 0 Å². The summed E-state index contributed by atoms with van der Waals surface area (Å²) in [5.74, 6) is 0.723. The van der Waals surface area contributed by atoms with Crippen LogP contribution in [0.1, 0.15) is 54.7 Å². The summed E-state index contributed by atoms with van der Waals surface area (Å²) >= 11 is 1.86. The maximum Gasteiger partial charge on any atom is 0.110 e. The van der Waals surface area contributed by atoms with Crippen molar-refractivity contribution in [1.82, 2.24) is 10.3 Å². The summed E-state index contributed by atoms with van der Waals surface area (Å²) in [6.45, 7) is 8.85. The maximum atomic E-state index is 4.70. The number of hydrogen-bond donors (Lipinski definition) is 1. The van der Waals surface area contributed by atoms with Crippen LogP contribution in [0.3, 0.4) is 0 Å². The number of aryl methyl sites for hydroxylation is 2. The molecule has 1 aliphatic rings. The Bertz CT molecular complexity index is 329. The molecule has 1 aromatic heterocycles. The highest BCUT2D eigenvalue weighted by atomic mass is 32.1. The van der Waals surface area contributed by atoms with Gasteiger partial charge in [0.2, 0.25) is 0 Å². The lowest BCUT2D eigenvalue weighted by Gasteiger charge is -2.18. The maximum absolute atomic E-state index is 4.70. The molecule has 1 aromatic rings. The molecule has 0 spiro atoms. The molecule has 90 valence electrons. The third-order valence-corrected chi connectivity index (χ3v) is 4.25. The van der Waals surface area contributed by atoms with Crippen LogP contribution in [0.4, 0.5) is 0 Å². The average molecular weight is 238 g/mol. The summed E-state index contributed by atoms with van der Waals surface area (Å²) in [5, 5.41) is 5.01. The number of thiazole rings is 1. The van der Waals surface area contributed by atoms with Crippen LogP contribution in [0, 0.1) is 19.8 Å². The summed E-state index contributed by atoms with van der Waals surface area (Å²) in [6, 6.07) is 1.23. The van der Waals surface area contributed by atoms with Crippen molar-refractivity contribution >= 4 is 11.3 Å². The van der Waals surface area contributed by atoms with E-state index in [4.69, 9.17) is 4.98 Å². The SMILES string of the molecule is Cc1nc(C(CC(C)C)NC2CC2)sc1C. The number of nitrogens with one attached hydrogen (secondary N) is 1. The van der Waals surface area contributed by atoms with Gasteiger partial charge >= 0.3 is 0 Å². The van der Waals surface area contributed by atoms with Crippen LogP contribution >= 0.6 is 11.3 Å². The number of aromatic nitrogens is 1. The molecular weight excluding hydrogens is 216 g/mol. The molecule has 1 atom stereocenters. The van der Waals surface area contributed by atoms with Gasteiger partial charge in [0.05, 0.1) is 11.7 Å². The molecule has 1 N–H and O–H groups in total. The first-order valence-corrected chi connectivity index (χ1v) is 7.08. The monoisotopic (exact) mass is 238 g/mol. The van der Waals surface area contributed by atoms with E-state index in [2.05, 4.69) is 33.0 Å². The molecule has 2 rings (SSSR count). The van der Waals surface area contributed by atoms with Crippen molar-refractivity contribution in [1.29, 1.82) is 0 Å². The van der Waals surface area contributed by atoms with Gasteiger partial charge < -0.3 is 5.32 Å². The number of hydrogen-bond acceptors (Lipinski definition) is 3. The van der Waals surface area contributed by atoms with Gasteiger partial charge in [0.25, 0.3) is 0 Å². The fraction of sp³-hybridized carbons (Fsp3) is 0.769. The smallest absolute Gasteiger partial charge is 0.110 e. The van der Waals surface area contributed by atoms with E-state index in [0.29, 0.717) is 6.04 Å². The van der Waals surface area contributed by atoms with Crippen molar-refractivity contribution in [3.63, 3.8) is 0 Å². The molecule has 0 aromatic carbocycles. The van der Waals surface area contributed by atoms with E-state index in [-0.39, 0.29) is 0 Å². The summed E-state index contributed by atoms with van der Waals surface area (Å²) in [7, 11) is 0. The molecule has 0 radical (unpaired) electrons. The average Bonchev–Trinajstić information content (AvgIpc) is 2.93. The molecule has 1 fully saturated rings. The van der Waals surface area contributed by atoms with Crippen LogP contribution in [-0.4, -0.2) is 11.0 Å². The Morgan fingerprint density at radius 2 is 2.06 bits per heavy atom. The lowest BCUT2D eigenvalue weighted by atomic mass is 10.0. The van der Waals surface area contributed by atoms with Gasteiger partial charge in [0.15, 0.2) is 0 Å². The van der Waals surface area contributed by atoms with Gasteiger partial charge in [0, 0.05) is 10.9 Å². The van der Waals surface area contributed by atoms with Crippen LogP contribution in [0.2, 0.25) is 0 Å². The van der Waals surface area contributed by atoms with E-state index in [0.717, 1.165) is 12.0 Å². The van der Waals surface area contributed by atoms with Gasteiger partial charge in [-0.2, -0.15) is 0 Å². The third kappa shape index (κ3) is 3.05. The Labute approximate surface area is 102 Å². The largest absolute Gasteiger partial charge is 0.305 e. The first-order chi connectivity index (χ1) is 7.56. The van der Waals surface area contributed by atoms with E-state index in [1.165, 1.54) is 34.8 Å². The van der Waals surface area contributed by atoms with Gasteiger partial charge in [-0.1, -0.05) is 13.8 Å². The molecular formula is C13H22N2S. The summed E-state index contributed by atoms with van der Waals surface area (Å²) < 4.78 is 0. The minimum Gasteiger partial charge on any atom is -0.305 e. The van der Waals surface area contributed by atoms with Gasteiger partial charge in [-0.05, 0) is 39.0 Å².